The lowest BCUT2D eigenvalue weighted by Gasteiger charge is -2.11. The van der Waals surface area contributed by atoms with E-state index in [1.807, 2.05) is 68.9 Å². The number of hydrogen-bond acceptors (Lipinski definition) is 13. The molecule has 83 heavy (non-hydrogen) atoms. The van der Waals surface area contributed by atoms with Crippen LogP contribution in [0.2, 0.25) is 0 Å². The van der Waals surface area contributed by atoms with Gasteiger partial charge in [-0.25, -0.2) is 44.6 Å². The molecule has 1 aliphatic carbocycles. The maximum absolute atomic E-state index is 14.4. The average molecular weight is 1480 g/mol. The van der Waals surface area contributed by atoms with Gasteiger partial charge in [-0.2, -0.15) is 0 Å². The van der Waals surface area contributed by atoms with Crippen molar-refractivity contribution in [3.8, 4) is 0 Å². The second-order valence-corrected chi connectivity index (χ2v) is 23.1. The Morgan fingerprint density at radius 2 is 0.855 bits per heavy atom. The molecule has 9 aromatic rings. The van der Waals surface area contributed by atoms with Crippen molar-refractivity contribution in [2.45, 2.75) is 44.3 Å². The number of aliphatic hydroxyl groups excluding tert-OH is 4. The van der Waals surface area contributed by atoms with E-state index in [9.17, 15) is 37.8 Å². The number of hydrogen-bond donors (Lipinski definition) is 7. The van der Waals surface area contributed by atoms with E-state index in [0.717, 1.165) is 28.9 Å². The van der Waals surface area contributed by atoms with Crippen molar-refractivity contribution >= 4 is 119 Å². The molecule has 3 aromatic carbocycles. The van der Waals surface area contributed by atoms with Gasteiger partial charge >= 0.3 is 0 Å². The molecular weight excluding hydrogens is 1420 g/mol. The number of amides is 3. The van der Waals surface area contributed by atoms with E-state index >= 15 is 0 Å². The average Bonchev–Trinajstić information content (AvgIpc) is 4.36. The third kappa shape index (κ3) is 15.6. The van der Waals surface area contributed by atoms with Gasteiger partial charge in [-0.05, 0) is 176 Å². The highest BCUT2D eigenvalue weighted by atomic mass is 127. The molecule has 1 saturated carbocycles. The lowest BCUT2D eigenvalue weighted by molar-refractivity contribution is -0.0296. The van der Waals surface area contributed by atoms with Crippen LogP contribution in [0.15, 0.2) is 110 Å². The third-order valence-corrected chi connectivity index (χ3v) is 15.5. The molecule has 6 aromatic heterocycles. The molecule has 0 unspecified atom stereocenters. The summed E-state index contributed by atoms with van der Waals surface area (Å²) < 4.78 is 50.9. The number of hydroxylamine groups is 3. The number of aromatic nitrogens is 6. The molecule has 0 radical (unpaired) electrons. The summed E-state index contributed by atoms with van der Waals surface area (Å²) in [6.07, 6.45) is 5.68. The van der Waals surface area contributed by atoms with Crippen LogP contribution in [0.1, 0.15) is 77.7 Å². The Bertz CT molecular complexity index is 3640. The van der Waals surface area contributed by atoms with Crippen LogP contribution in [-0.4, -0.2) is 112 Å². The molecule has 0 aliphatic heterocycles. The number of fused-ring (bicyclic) bond motifs is 3. The first-order chi connectivity index (χ1) is 39.9. The van der Waals surface area contributed by atoms with E-state index < -0.39 is 37.2 Å². The molecule has 436 valence electrons. The van der Waals surface area contributed by atoms with Crippen molar-refractivity contribution in [1.29, 1.82) is 0 Å². The highest BCUT2D eigenvalue weighted by molar-refractivity contribution is 14.1. The number of benzene rings is 3. The number of pyridine rings is 3. The zero-order valence-electron chi connectivity index (χ0n) is 44.9. The van der Waals surface area contributed by atoms with Crippen molar-refractivity contribution in [3.63, 3.8) is 0 Å². The smallest absolute Gasteiger partial charge is 0.277 e. The Morgan fingerprint density at radius 3 is 1.14 bits per heavy atom. The number of carbonyl (C=O) groups excluding carboxylic acids is 3. The summed E-state index contributed by atoms with van der Waals surface area (Å²) in [6, 6.07) is 25.6. The van der Waals surface area contributed by atoms with Gasteiger partial charge in [-0.3, -0.25) is 28.9 Å². The van der Waals surface area contributed by atoms with Crippen LogP contribution < -0.4 is 16.4 Å². The molecular formula is C58H57F3I3N9O10. The predicted octanol–water partition coefficient (Wildman–Crippen LogP) is 7.82. The van der Waals surface area contributed by atoms with Crippen LogP contribution in [0.3, 0.4) is 0 Å². The summed E-state index contributed by atoms with van der Waals surface area (Å²) in [7, 11) is 5.38. The van der Waals surface area contributed by atoms with Crippen molar-refractivity contribution < 1.29 is 62.5 Å². The molecule has 3 amide bonds. The summed E-state index contributed by atoms with van der Waals surface area (Å²) in [4.78, 5) is 66.8. The van der Waals surface area contributed by atoms with E-state index in [-0.39, 0.29) is 49.4 Å². The lowest BCUT2D eigenvalue weighted by Crippen LogP contribution is -2.30. The number of aryl methyl sites for hydroxylation is 3. The lowest BCUT2D eigenvalue weighted by atomic mass is 10.0. The second-order valence-electron chi connectivity index (χ2n) is 19.3. The summed E-state index contributed by atoms with van der Waals surface area (Å²) in [6.45, 7) is -0.953. The molecule has 10 rings (SSSR count). The molecule has 25 heteroatoms. The molecule has 0 bridgehead atoms. The van der Waals surface area contributed by atoms with Crippen molar-refractivity contribution in [2.24, 2.45) is 27.1 Å². The van der Waals surface area contributed by atoms with Gasteiger partial charge in [0.25, 0.3) is 17.7 Å². The minimum absolute atomic E-state index is 0.192. The third-order valence-electron chi connectivity index (χ3n) is 13.5. The fraction of sp³-hybridized carbons (Fsp3) is 0.276. The van der Waals surface area contributed by atoms with E-state index in [1.165, 1.54) is 18.2 Å². The van der Waals surface area contributed by atoms with Gasteiger partial charge in [-0.15, -0.1) is 0 Å². The van der Waals surface area contributed by atoms with Crippen LogP contribution in [0, 0.1) is 34.1 Å². The highest BCUT2D eigenvalue weighted by Gasteiger charge is 2.28. The highest BCUT2D eigenvalue weighted by Crippen LogP contribution is 2.32. The Balaban J connectivity index is 0.000000163. The number of carbonyl (C=O) groups is 3. The van der Waals surface area contributed by atoms with Gasteiger partial charge < -0.3 is 34.1 Å². The van der Waals surface area contributed by atoms with Crippen molar-refractivity contribution in [3.05, 3.63) is 188 Å². The number of aliphatic hydroxyl groups is 4. The van der Waals surface area contributed by atoms with E-state index in [4.69, 9.17) is 24.7 Å². The van der Waals surface area contributed by atoms with Gasteiger partial charge in [0.1, 0.15) is 59.8 Å². The first-order valence-electron chi connectivity index (χ1n) is 25.8. The largest absolute Gasteiger partial charge is 0.394 e. The van der Waals surface area contributed by atoms with Gasteiger partial charge in [0.15, 0.2) is 0 Å². The summed E-state index contributed by atoms with van der Waals surface area (Å²) >= 11 is 6.15. The molecule has 2 atom stereocenters. The Kier molecular flexibility index (Phi) is 22.0. The van der Waals surface area contributed by atoms with E-state index in [1.54, 1.807) is 102 Å². The predicted molar refractivity (Wildman–Crippen MR) is 327 cm³/mol. The minimum Gasteiger partial charge on any atom is -0.394 e. The molecule has 0 saturated heterocycles. The maximum atomic E-state index is 14.4. The van der Waals surface area contributed by atoms with Gasteiger partial charge in [0.05, 0.1) is 36.5 Å². The van der Waals surface area contributed by atoms with Crippen LogP contribution in [0.4, 0.5) is 13.2 Å². The number of nitrogens with one attached hydrogen (secondary N) is 3. The standard InChI is InChI=1S/C20H19FIN3O2.2C19H19FIN3O4/c1-25-17(9-13-6-7-14(22)10-16(13)21)18(15-3-2-8-23-19(15)25)20(26)24-27-11-12-4-5-12;2*1-24-16(7-11-4-5-12(21)8-15(11)20)17(14-3-2-6-22-18(14)24)19(27)23-28-10-13(26)9-25/h2-3,6-8,10,12H,4-5,9,11H2,1H3,(H,24,26);2*2-6,8,13,25-26H,7,9-10H2,1H3,(H,23,27)/t;2*13-/m.10/s1. The summed E-state index contributed by atoms with van der Waals surface area (Å²) in [5.41, 5.74) is 13.4. The second kappa shape index (κ2) is 29.1. The molecule has 19 nitrogen and oxygen atoms in total. The maximum Gasteiger partial charge on any atom is 0.277 e. The van der Waals surface area contributed by atoms with E-state index in [2.05, 4.69) is 54.0 Å². The summed E-state index contributed by atoms with van der Waals surface area (Å²) in [5.74, 6) is -1.83. The normalized spacial score (nSPS) is 12.8. The van der Waals surface area contributed by atoms with Crippen LogP contribution >= 0.6 is 67.8 Å². The molecule has 7 N–H and O–H groups in total. The quantitative estimate of drug-likeness (QED) is 0.0284. The molecule has 1 fully saturated rings. The topological polar surface area (TPSA) is 249 Å². The molecule has 1 aliphatic rings. The van der Waals surface area contributed by atoms with Crippen LogP contribution in [0.5, 0.6) is 0 Å². The van der Waals surface area contributed by atoms with Gasteiger partial charge in [-0.1, -0.05) is 18.2 Å². The minimum atomic E-state index is -1.10. The Morgan fingerprint density at radius 1 is 0.542 bits per heavy atom. The first-order valence-corrected chi connectivity index (χ1v) is 29.0. The number of nitrogens with zero attached hydrogens (tertiary/aromatic N) is 6. The summed E-state index contributed by atoms with van der Waals surface area (Å²) in [5, 5.41) is 38.3. The van der Waals surface area contributed by atoms with Crippen molar-refractivity contribution in [1.82, 2.24) is 45.1 Å². The van der Waals surface area contributed by atoms with Gasteiger partial charge in [0, 0.05) is 103 Å². The first kappa shape index (κ1) is 62.9. The fourth-order valence-electron chi connectivity index (χ4n) is 9.02. The zero-order chi connectivity index (χ0) is 59.5. The van der Waals surface area contributed by atoms with E-state index in [0.29, 0.717) is 97.1 Å². The SMILES string of the molecule is Cn1c(Cc2ccc(I)cc2F)c(C(=O)NOCC2CC2)c2cccnc21.Cn1c(Cc2ccc(I)cc2F)c(C(=O)NOC[C@@H](O)CO)c2cccnc21.Cn1c(Cc2ccc(I)cc2F)c(C(=O)NOC[C@H](O)CO)c2cccnc21. The number of rotatable bonds is 20. The van der Waals surface area contributed by atoms with Crippen LogP contribution in [0.25, 0.3) is 33.1 Å². The number of halogens is 6. The van der Waals surface area contributed by atoms with Crippen LogP contribution in [-0.2, 0) is 54.9 Å². The van der Waals surface area contributed by atoms with Crippen molar-refractivity contribution in [2.75, 3.05) is 33.0 Å². The monoisotopic (exact) mass is 1480 g/mol. The Hall–Kier alpha value is -6.16. The molecule has 0 spiro atoms. The molecule has 6 heterocycles. The fourth-order valence-corrected chi connectivity index (χ4v) is 10.4. The Labute approximate surface area is 514 Å². The zero-order valence-corrected chi connectivity index (χ0v) is 51.4. The van der Waals surface area contributed by atoms with Gasteiger partial charge in [0.2, 0.25) is 0 Å².